The molecule has 0 fully saturated rings. The van der Waals surface area contributed by atoms with Crippen molar-refractivity contribution in [2.45, 2.75) is 0 Å². The number of ether oxygens (including phenoxy) is 2. The van der Waals surface area contributed by atoms with Crippen LogP contribution >= 0.6 is 0 Å². The van der Waals surface area contributed by atoms with Gasteiger partial charge in [0.1, 0.15) is 34.9 Å². The van der Waals surface area contributed by atoms with Gasteiger partial charge >= 0.3 is 5.97 Å². The zero-order valence-electron chi connectivity index (χ0n) is 15.1. The van der Waals surface area contributed by atoms with E-state index in [9.17, 15) is 14.7 Å². The first kappa shape index (κ1) is 18.9. The fraction of sp³-hybridized carbons (Fsp3) is 0.158. The fourth-order valence-corrected chi connectivity index (χ4v) is 2.68. The number of hydrogen-bond donors (Lipinski definition) is 3. The van der Waals surface area contributed by atoms with Crippen molar-refractivity contribution >= 4 is 22.9 Å². The third-order valence-electron chi connectivity index (χ3n) is 4.00. The second kappa shape index (κ2) is 7.78. The number of carbonyl (C=O) groups excluding carboxylic acids is 1. The van der Waals surface area contributed by atoms with Gasteiger partial charge in [0, 0.05) is 11.6 Å². The lowest BCUT2D eigenvalue weighted by atomic mass is 10.1. The number of aliphatic carboxylic acids is 1. The van der Waals surface area contributed by atoms with E-state index in [1.165, 1.54) is 25.4 Å². The van der Waals surface area contributed by atoms with Crippen LogP contribution in [0.5, 0.6) is 17.2 Å². The number of aromatic hydroxyl groups is 1. The predicted octanol–water partition coefficient (Wildman–Crippen LogP) is 1.83. The van der Waals surface area contributed by atoms with E-state index in [0.29, 0.717) is 28.3 Å². The van der Waals surface area contributed by atoms with Gasteiger partial charge in [-0.05, 0) is 24.3 Å². The highest BCUT2D eigenvalue weighted by Gasteiger charge is 2.19. The van der Waals surface area contributed by atoms with Crippen molar-refractivity contribution in [3.8, 4) is 28.5 Å². The molecule has 0 spiro atoms. The normalized spacial score (nSPS) is 10.5. The summed E-state index contributed by atoms with van der Waals surface area (Å²) >= 11 is 0. The van der Waals surface area contributed by atoms with E-state index in [0.717, 1.165) is 0 Å². The molecule has 0 bridgehead atoms. The summed E-state index contributed by atoms with van der Waals surface area (Å²) in [6.45, 7) is -0.580. The number of fused-ring (bicyclic) bond motifs is 1. The van der Waals surface area contributed by atoms with E-state index in [-0.39, 0.29) is 16.8 Å². The molecule has 1 aromatic heterocycles. The number of phenolic OH excluding ortho intramolecular Hbond substituents is 1. The van der Waals surface area contributed by atoms with Gasteiger partial charge in [0.05, 0.1) is 31.6 Å². The molecule has 28 heavy (non-hydrogen) atoms. The lowest BCUT2D eigenvalue weighted by Gasteiger charge is -2.12. The number of carboxylic acids is 1. The Morgan fingerprint density at radius 1 is 1.14 bits per heavy atom. The number of aromatic nitrogens is 2. The van der Waals surface area contributed by atoms with Gasteiger partial charge in [0.2, 0.25) is 0 Å². The Morgan fingerprint density at radius 2 is 1.93 bits per heavy atom. The van der Waals surface area contributed by atoms with Gasteiger partial charge in [0.25, 0.3) is 5.91 Å². The Labute approximate surface area is 159 Å². The zero-order chi connectivity index (χ0) is 20.3. The van der Waals surface area contributed by atoms with E-state index in [4.69, 9.17) is 14.6 Å². The number of carbonyl (C=O) groups is 2. The van der Waals surface area contributed by atoms with Crippen LogP contribution in [0.4, 0.5) is 0 Å². The van der Waals surface area contributed by atoms with Gasteiger partial charge in [-0.2, -0.15) is 0 Å². The number of carboxylic acid groups (broad SMARTS) is 1. The molecule has 9 heteroatoms. The fourth-order valence-electron chi connectivity index (χ4n) is 2.68. The monoisotopic (exact) mass is 383 g/mol. The average Bonchev–Trinajstić information content (AvgIpc) is 2.71. The molecule has 0 aliphatic carbocycles. The molecule has 3 N–H and O–H groups in total. The Hall–Kier alpha value is -3.88. The predicted molar refractivity (Wildman–Crippen MR) is 99.7 cm³/mol. The maximum atomic E-state index is 12.3. The van der Waals surface area contributed by atoms with Crippen molar-refractivity contribution in [1.29, 1.82) is 0 Å². The summed E-state index contributed by atoms with van der Waals surface area (Å²) in [7, 11) is 3.07. The minimum absolute atomic E-state index is 0.139. The van der Waals surface area contributed by atoms with Crippen LogP contribution in [0.25, 0.3) is 22.3 Å². The van der Waals surface area contributed by atoms with Crippen LogP contribution in [0.3, 0.4) is 0 Å². The highest BCUT2D eigenvalue weighted by molar-refractivity contribution is 6.08. The molecule has 9 nitrogen and oxygen atoms in total. The van der Waals surface area contributed by atoms with Gasteiger partial charge in [-0.15, -0.1) is 0 Å². The van der Waals surface area contributed by atoms with Crippen molar-refractivity contribution in [1.82, 2.24) is 15.3 Å². The second-order valence-corrected chi connectivity index (χ2v) is 5.73. The van der Waals surface area contributed by atoms with Crippen LogP contribution in [0, 0.1) is 0 Å². The SMILES string of the molecule is COc1ccc(-c2cnc3c(C(=O)NCC(=O)O)c(O)ccc3n2)c(OC)c1. The summed E-state index contributed by atoms with van der Waals surface area (Å²) in [4.78, 5) is 31.7. The minimum Gasteiger partial charge on any atom is -0.507 e. The Balaban J connectivity index is 2.07. The van der Waals surface area contributed by atoms with Crippen molar-refractivity contribution in [3.63, 3.8) is 0 Å². The molecule has 0 saturated carbocycles. The van der Waals surface area contributed by atoms with Crippen LogP contribution < -0.4 is 14.8 Å². The highest BCUT2D eigenvalue weighted by atomic mass is 16.5. The first-order valence-electron chi connectivity index (χ1n) is 8.15. The Kier molecular flexibility index (Phi) is 5.25. The lowest BCUT2D eigenvalue weighted by molar-refractivity contribution is -0.135. The van der Waals surface area contributed by atoms with Gasteiger partial charge < -0.3 is 25.0 Å². The number of nitrogens with one attached hydrogen (secondary N) is 1. The topological polar surface area (TPSA) is 131 Å². The lowest BCUT2D eigenvalue weighted by Crippen LogP contribution is -2.29. The third kappa shape index (κ3) is 3.63. The van der Waals surface area contributed by atoms with Gasteiger partial charge in [-0.1, -0.05) is 0 Å². The van der Waals surface area contributed by atoms with E-state index in [2.05, 4.69) is 15.3 Å². The molecule has 0 aliphatic rings. The quantitative estimate of drug-likeness (QED) is 0.588. The largest absolute Gasteiger partial charge is 0.507 e. The van der Waals surface area contributed by atoms with Gasteiger partial charge in [0.15, 0.2) is 0 Å². The molecule has 1 amide bonds. The van der Waals surface area contributed by atoms with E-state index < -0.39 is 18.4 Å². The van der Waals surface area contributed by atoms with E-state index in [1.54, 1.807) is 25.3 Å². The number of benzene rings is 2. The number of methoxy groups -OCH3 is 2. The smallest absolute Gasteiger partial charge is 0.322 e. The summed E-state index contributed by atoms with van der Waals surface area (Å²) in [5.74, 6) is -1.12. The highest BCUT2D eigenvalue weighted by Crippen LogP contribution is 2.33. The summed E-state index contributed by atoms with van der Waals surface area (Å²) in [5.41, 5.74) is 1.53. The molecular weight excluding hydrogens is 366 g/mol. The summed E-state index contributed by atoms with van der Waals surface area (Å²) < 4.78 is 10.6. The number of phenols is 1. The van der Waals surface area contributed by atoms with Crippen LogP contribution in [0.15, 0.2) is 36.5 Å². The molecule has 0 radical (unpaired) electrons. The molecule has 144 valence electrons. The Morgan fingerprint density at radius 3 is 2.61 bits per heavy atom. The zero-order valence-corrected chi connectivity index (χ0v) is 15.1. The van der Waals surface area contributed by atoms with Gasteiger partial charge in [-0.25, -0.2) is 4.98 Å². The molecule has 0 saturated heterocycles. The third-order valence-corrected chi connectivity index (χ3v) is 4.00. The molecule has 0 aliphatic heterocycles. The molecule has 2 aromatic carbocycles. The molecule has 3 aromatic rings. The van der Waals surface area contributed by atoms with Crippen LogP contribution in [0.2, 0.25) is 0 Å². The standard InChI is InChI=1S/C19H17N3O6/c1-27-10-3-4-11(15(7-10)28-2)13-8-20-18-12(22-13)5-6-14(23)17(18)19(26)21-9-16(24)25/h3-8,23H,9H2,1-2H3,(H,21,26)(H,24,25). The first-order valence-corrected chi connectivity index (χ1v) is 8.15. The van der Waals surface area contributed by atoms with Crippen molar-refractivity contribution in [2.75, 3.05) is 20.8 Å². The second-order valence-electron chi connectivity index (χ2n) is 5.73. The Bertz CT molecular complexity index is 1070. The molecule has 3 rings (SSSR count). The summed E-state index contributed by atoms with van der Waals surface area (Å²) in [6, 6.07) is 8.06. The van der Waals surface area contributed by atoms with Crippen LogP contribution in [-0.2, 0) is 4.79 Å². The number of nitrogens with zero attached hydrogens (tertiary/aromatic N) is 2. The van der Waals surface area contributed by atoms with E-state index in [1.807, 2.05) is 0 Å². The minimum atomic E-state index is -1.20. The summed E-state index contributed by atoms with van der Waals surface area (Å²) in [6.07, 6.45) is 1.44. The van der Waals surface area contributed by atoms with Crippen molar-refractivity contribution in [2.24, 2.45) is 0 Å². The molecule has 0 unspecified atom stereocenters. The average molecular weight is 383 g/mol. The van der Waals surface area contributed by atoms with Crippen molar-refractivity contribution < 1.29 is 29.3 Å². The van der Waals surface area contributed by atoms with E-state index >= 15 is 0 Å². The number of amides is 1. The maximum Gasteiger partial charge on any atom is 0.322 e. The van der Waals surface area contributed by atoms with Crippen LogP contribution in [0.1, 0.15) is 10.4 Å². The first-order chi connectivity index (χ1) is 13.4. The number of rotatable bonds is 6. The molecule has 1 heterocycles. The molecular formula is C19H17N3O6. The number of hydrogen-bond acceptors (Lipinski definition) is 7. The summed E-state index contributed by atoms with van der Waals surface area (Å²) in [5, 5.41) is 21.0. The molecule has 0 atom stereocenters. The van der Waals surface area contributed by atoms with Crippen molar-refractivity contribution in [3.05, 3.63) is 42.1 Å². The maximum absolute atomic E-state index is 12.3. The van der Waals surface area contributed by atoms with Gasteiger partial charge in [-0.3, -0.25) is 14.6 Å². The van der Waals surface area contributed by atoms with Crippen LogP contribution in [-0.4, -0.2) is 52.8 Å².